The lowest BCUT2D eigenvalue weighted by Gasteiger charge is -1.85. The number of aromatic nitrogens is 1. The standard InChI is InChI=1S/C5H5IN2O/c6-5-4(3-8-9)1-2-7-5/h1-2,7H,3H2. The van der Waals surface area contributed by atoms with Crippen LogP contribution in [-0.2, 0) is 6.54 Å². The monoisotopic (exact) mass is 236 g/mol. The third kappa shape index (κ3) is 1.51. The highest BCUT2D eigenvalue weighted by atomic mass is 127. The Bertz CT molecular complexity index is 208. The molecule has 3 nitrogen and oxygen atoms in total. The molecule has 0 fully saturated rings. The van der Waals surface area contributed by atoms with Crippen LogP contribution in [0.1, 0.15) is 5.56 Å². The number of H-pyrrole nitrogens is 1. The van der Waals surface area contributed by atoms with Gasteiger partial charge in [0.05, 0.1) is 3.70 Å². The molecular formula is C5H5IN2O. The van der Waals surface area contributed by atoms with Gasteiger partial charge in [-0.15, -0.1) is 0 Å². The number of aromatic amines is 1. The summed E-state index contributed by atoms with van der Waals surface area (Å²) in [7, 11) is 0. The molecule has 0 saturated carbocycles. The smallest absolute Gasteiger partial charge is 0.109 e. The Morgan fingerprint density at radius 3 is 3.00 bits per heavy atom. The van der Waals surface area contributed by atoms with Crippen molar-refractivity contribution in [2.24, 2.45) is 5.18 Å². The maximum atomic E-state index is 9.76. The molecule has 0 aromatic carbocycles. The van der Waals surface area contributed by atoms with Gasteiger partial charge in [-0.25, -0.2) is 0 Å². The van der Waals surface area contributed by atoms with Gasteiger partial charge in [0.2, 0.25) is 0 Å². The fraction of sp³-hybridized carbons (Fsp3) is 0.200. The van der Waals surface area contributed by atoms with Crippen LogP contribution in [0.4, 0.5) is 0 Å². The number of nitrogens with zero attached hydrogens (tertiary/aromatic N) is 1. The van der Waals surface area contributed by atoms with Gasteiger partial charge < -0.3 is 4.98 Å². The number of nitroso groups, excluding NO2 is 1. The first-order valence-corrected chi connectivity index (χ1v) is 3.53. The average Bonchev–Trinajstić information content (AvgIpc) is 2.18. The van der Waals surface area contributed by atoms with Crippen molar-refractivity contribution in [2.75, 3.05) is 0 Å². The summed E-state index contributed by atoms with van der Waals surface area (Å²) in [4.78, 5) is 12.7. The molecule has 1 aromatic heterocycles. The van der Waals surface area contributed by atoms with E-state index < -0.39 is 0 Å². The highest BCUT2D eigenvalue weighted by molar-refractivity contribution is 14.1. The summed E-state index contributed by atoms with van der Waals surface area (Å²) in [5.74, 6) is 0. The van der Waals surface area contributed by atoms with Gasteiger partial charge in [-0.05, 0) is 28.7 Å². The molecule has 0 aliphatic rings. The number of hydrogen-bond donors (Lipinski definition) is 1. The van der Waals surface area contributed by atoms with Gasteiger partial charge >= 0.3 is 0 Å². The van der Waals surface area contributed by atoms with Gasteiger partial charge in [0.15, 0.2) is 0 Å². The van der Waals surface area contributed by atoms with Crippen LogP contribution in [0.3, 0.4) is 0 Å². The van der Waals surface area contributed by atoms with Crippen molar-refractivity contribution in [2.45, 2.75) is 6.54 Å². The number of hydrogen-bond acceptors (Lipinski definition) is 2. The molecule has 4 heteroatoms. The SMILES string of the molecule is O=NCc1cc[nH]c1I. The minimum atomic E-state index is 0.266. The van der Waals surface area contributed by atoms with E-state index in [4.69, 9.17) is 0 Å². The Hall–Kier alpha value is -0.390. The zero-order chi connectivity index (χ0) is 6.69. The number of rotatable bonds is 2. The second-order valence-electron chi connectivity index (χ2n) is 1.60. The van der Waals surface area contributed by atoms with Crippen LogP contribution >= 0.6 is 22.6 Å². The topological polar surface area (TPSA) is 45.2 Å². The summed E-state index contributed by atoms with van der Waals surface area (Å²) in [5.41, 5.74) is 0.964. The second kappa shape index (κ2) is 2.95. The summed E-state index contributed by atoms with van der Waals surface area (Å²) in [5, 5.41) is 2.76. The minimum Gasteiger partial charge on any atom is -0.356 e. The maximum Gasteiger partial charge on any atom is 0.109 e. The van der Waals surface area contributed by atoms with Crippen molar-refractivity contribution in [1.82, 2.24) is 4.98 Å². The van der Waals surface area contributed by atoms with Crippen molar-refractivity contribution in [1.29, 1.82) is 0 Å². The molecule has 1 rings (SSSR count). The van der Waals surface area contributed by atoms with Crippen LogP contribution in [0.5, 0.6) is 0 Å². The average molecular weight is 236 g/mol. The lowest BCUT2D eigenvalue weighted by atomic mass is 10.3. The third-order valence-electron chi connectivity index (χ3n) is 1.01. The van der Waals surface area contributed by atoms with Gasteiger partial charge in [0, 0.05) is 11.8 Å². The van der Waals surface area contributed by atoms with Crippen LogP contribution in [0.15, 0.2) is 17.4 Å². The van der Waals surface area contributed by atoms with E-state index in [9.17, 15) is 4.91 Å². The molecule has 0 bridgehead atoms. The van der Waals surface area contributed by atoms with Gasteiger partial charge in [0.25, 0.3) is 0 Å². The fourth-order valence-electron chi connectivity index (χ4n) is 0.573. The van der Waals surface area contributed by atoms with E-state index in [1.165, 1.54) is 0 Å². The first kappa shape index (κ1) is 6.73. The summed E-state index contributed by atoms with van der Waals surface area (Å²) >= 11 is 2.12. The first-order valence-electron chi connectivity index (χ1n) is 2.45. The Morgan fingerprint density at radius 1 is 1.78 bits per heavy atom. The summed E-state index contributed by atoms with van der Waals surface area (Å²) in [6, 6.07) is 1.85. The molecule has 0 saturated heterocycles. The summed E-state index contributed by atoms with van der Waals surface area (Å²) in [6.07, 6.45) is 1.79. The Kier molecular flexibility index (Phi) is 2.21. The Morgan fingerprint density at radius 2 is 2.56 bits per heavy atom. The van der Waals surface area contributed by atoms with Crippen molar-refractivity contribution < 1.29 is 0 Å². The maximum absolute atomic E-state index is 9.76. The van der Waals surface area contributed by atoms with Crippen molar-refractivity contribution >= 4 is 22.6 Å². The van der Waals surface area contributed by atoms with Crippen molar-refractivity contribution in [3.63, 3.8) is 0 Å². The van der Waals surface area contributed by atoms with Gasteiger partial charge in [-0.2, -0.15) is 4.91 Å². The largest absolute Gasteiger partial charge is 0.356 e. The van der Waals surface area contributed by atoms with E-state index in [0.717, 1.165) is 9.26 Å². The van der Waals surface area contributed by atoms with Crippen molar-refractivity contribution in [3.05, 3.63) is 26.4 Å². The van der Waals surface area contributed by atoms with Crippen LogP contribution in [-0.4, -0.2) is 4.98 Å². The van der Waals surface area contributed by atoms with E-state index in [2.05, 4.69) is 32.8 Å². The Balaban J connectivity index is 2.80. The van der Waals surface area contributed by atoms with E-state index in [-0.39, 0.29) is 6.54 Å². The third-order valence-corrected chi connectivity index (χ3v) is 2.02. The van der Waals surface area contributed by atoms with E-state index in [0.29, 0.717) is 0 Å². The molecular weight excluding hydrogens is 231 g/mol. The molecule has 0 aliphatic heterocycles. The van der Waals surface area contributed by atoms with Crippen LogP contribution < -0.4 is 0 Å². The minimum absolute atomic E-state index is 0.266. The molecule has 0 aliphatic carbocycles. The molecule has 48 valence electrons. The van der Waals surface area contributed by atoms with Gasteiger partial charge in [-0.1, -0.05) is 5.18 Å². The van der Waals surface area contributed by atoms with Gasteiger partial charge in [0.1, 0.15) is 6.54 Å². The van der Waals surface area contributed by atoms with Crippen LogP contribution in [0.25, 0.3) is 0 Å². The van der Waals surface area contributed by atoms with Crippen LogP contribution in [0, 0.1) is 8.61 Å². The predicted octanol–water partition coefficient (Wildman–Crippen LogP) is 1.89. The molecule has 0 unspecified atom stereocenters. The highest BCUT2D eigenvalue weighted by Gasteiger charge is 1.97. The lowest BCUT2D eigenvalue weighted by Crippen LogP contribution is -1.78. The molecule has 1 aromatic rings. The molecule has 0 atom stereocenters. The van der Waals surface area contributed by atoms with Gasteiger partial charge in [-0.3, -0.25) is 0 Å². The zero-order valence-electron chi connectivity index (χ0n) is 4.60. The van der Waals surface area contributed by atoms with Crippen LogP contribution in [0.2, 0.25) is 0 Å². The zero-order valence-corrected chi connectivity index (χ0v) is 6.75. The molecule has 0 amide bonds. The van der Waals surface area contributed by atoms with E-state index in [1.54, 1.807) is 6.20 Å². The lowest BCUT2D eigenvalue weighted by molar-refractivity contribution is 1.04. The quantitative estimate of drug-likeness (QED) is 0.618. The van der Waals surface area contributed by atoms with E-state index in [1.807, 2.05) is 6.07 Å². The number of halogens is 1. The molecule has 1 N–H and O–H groups in total. The number of nitrogens with one attached hydrogen (secondary N) is 1. The highest BCUT2D eigenvalue weighted by Crippen LogP contribution is 2.09. The second-order valence-corrected chi connectivity index (χ2v) is 2.68. The summed E-state index contributed by atoms with van der Waals surface area (Å²) < 4.78 is 0.993. The summed E-state index contributed by atoms with van der Waals surface area (Å²) in [6.45, 7) is 0.266. The van der Waals surface area contributed by atoms with Crippen molar-refractivity contribution in [3.8, 4) is 0 Å². The fourth-order valence-corrected chi connectivity index (χ4v) is 1.10. The molecule has 9 heavy (non-hydrogen) atoms. The first-order chi connectivity index (χ1) is 4.34. The van der Waals surface area contributed by atoms with E-state index >= 15 is 0 Å². The molecule has 0 spiro atoms. The predicted molar refractivity (Wildman–Crippen MR) is 43.0 cm³/mol. The molecule has 0 radical (unpaired) electrons. The Labute approximate surface area is 66.0 Å². The normalized spacial score (nSPS) is 9.44. The molecule has 1 heterocycles.